The standard InChI is InChI=1S/C17H19NO3/c1-12(19)16(20)11-18-17(21)15-9-7-14(8-10-15)13-5-3-2-4-6-13/h2-10,12,16,19-20H,11H2,1H3,(H,18,21)/t12-,16?/m0/s1. The van der Waals surface area contributed by atoms with E-state index in [2.05, 4.69) is 5.32 Å². The molecule has 0 aromatic heterocycles. The van der Waals surface area contributed by atoms with E-state index in [1.807, 2.05) is 42.5 Å². The van der Waals surface area contributed by atoms with Crippen LogP contribution in [0.2, 0.25) is 0 Å². The van der Waals surface area contributed by atoms with Crippen molar-refractivity contribution in [2.75, 3.05) is 6.54 Å². The van der Waals surface area contributed by atoms with E-state index in [9.17, 15) is 9.90 Å². The van der Waals surface area contributed by atoms with Crippen LogP contribution in [0.1, 0.15) is 17.3 Å². The predicted molar refractivity (Wildman–Crippen MR) is 81.9 cm³/mol. The van der Waals surface area contributed by atoms with Gasteiger partial charge < -0.3 is 15.5 Å². The van der Waals surface area contributed by atoms with Crippen molar-refractivity contribution in [3.05, 3.63) is 60.2 Å². The topological polar surface area (TPSA) is 69.6 Å². The highest BCUT2D eigenvalue weighted by atomic mass is 16.3. The van der Waals surface area contributed by atoms with Gasteiger partial charge in [0.25, 0.3) is 5.91 Å². The van der Waals surface area contributed by atoms with Gasteiger partial charge in [-0.05, 0) is 30.2 Å². The molecule has 0 fully saturated rings. The van der Waals surface area contributed by atoms with Crippen molar-refractivity contribution >= 4 is 5.91 Å². The Hall–Kier alpha value is -2.17. The number of carbonyl (C=O) groups is 1. The zero-order valence-electron chi connectivity index (χ0n) is 11.9. The molecule has 0 aliphatic rings. The van der Waals surface area contributed by atoms with Gasteiger partial charge in [0.05, 0.1) is 12.2 Å². The molecule has 2 atom stereocenters. The molecule has 0 saturated carbocycles. The molecule has 4 heteroatoms. The molecule has 0 heterocycles. The molecule has 1 unspecified atom stereocenters. The van der Waals surface area contributed by atoms with E-state index in [0.717, 1.165) is 11.1 Å². The molecule has 0 bridgehead atoms. The summed E-state index contributed by atoms with van der Waals surface area (Å²) >= 11 is 0. The van der Waals surface area contributed by atoms with Crippen molar-refractivity contribution in [3.8, 4) is 11.1 Å². The number of aliphatic hydroxyl groups excluding tert-OH is 2. The molecule has 0 aliphatic carbocycles. The lowest BCUT2D eigenvalue weighted by Crippen LogP contribution is -2.37. The van der Waals surface area contributed by atoms with E-state index < -0.39 is 12.2 Å². The lowest BCUT2D eigenvalue weighted by molar-refractivity contribution is 0.0314. The molecule has 2 rings (SSSR count). The van der Waals surface area contributed by atoms with E-state index in [4.69, 9.17) is 5.11 Å². The average Bonchev–Trinajstić information content (AvgIpc) is 2.53. The summed E-state index contributed by atoms with van der Waals surface area (Å²) in [6.45, 7) is 1.50. The van der Waals surface area contributed by atoms with Crippen LogP contribution >= 0.6 is 0 Å². The fourth-order valence-corrected chi connectivity index (χ4v) is 1.91. The first kappa shape index (κ1) is 15.2. The van der Waals surface area contributed by atoms with E-state index in [-0.39, 0.29) is 12.5 Å². The monoisotopic (exact) mass is 285 g/mol. The van der Waals surface area contributed by atoms with Crippen LogP contribution in [0.3, 0.4) is 0 Å². The van der Waals surface area contributed by atoms with Gasteiger partial charge in [-0.1, -0.05) is 42.5 Å². The fourth-order valence-electron chi connectivity index (χ4n) is 1.91. The fraction of sp³-hybridized carbons (Fsp3) is 0.235. The minimum atomic E-state index is -0.961. The van der Waals surface area contributed by atoms with E-state index >= 15 is 0 Å². The third-order valence-corrected chi connectivity index (χ3v) is 3.28. The van der Waals surface area contributed by atoms with Gasteiger partial charge >= 0.3 is 0 Å². The zero-order valence-corrected chi connectivity index (χ0v) is 11.9. The van der Waals surface area contributed by atoms with Gasteiger partial charge in [-0.2, -0.15) is 0 Å². The summed E-state index contributed by atoms with van der Waals surface area (Å²) in [5.74, 6) is -0.269. The Balaban J connectivity index is 2.00. The molecule has 4 nitrogen and oxygen atoms in total. The second-order valence-electron chi connectivity index (χ2n) is 4.96. The van der Waals surface area contributed by atoms with Crippen molar-refractivity contribution in [3.63, 3.8) is 0 Å². The van der Waals surface area contributed by atoms with Crippen LogP contribution in [0.25, 0.3) is 11.1 Å². The lowest BCUT2D eigenvalue weighted by Gasteiger charge is -2.14. The first-order valence-electron chi connectivity index (χ1n) is 6.88. The molecule has 0 saturated heterocycles. The minimum Gasteiger partial charge on any atom is -0.391 e. The highest BCUT2D eigenvalue weighted by Crippen LogP contribution is 2.19. The molecule has 21 heavy (non-hydrogen) atoms. The largest absolute Gasteiger partial charge is 0.391 e. The van der Waals surface area contributed by atoms with E-state index in [0.29, 0.717) is 5.56 Å². The van der Waals surface area contributed by atoms with Gasteiger partial charge in [-0.3, -0.25) is 4.79 Å². The van der Waals surface area contributed by atoms with Gasteiger partial charge in [0.1, 0.15) is 0 Å². The molecule has 1 amide bonds. The maximum Gasteiger partial charge on any atom is 0.251 e. The predicted octanol–water partition coefficient (Wildman–Crippen LogP) is 1.83. The van der Waals surface area contributed by atoms with E-state index in [1.54, 1.807) is 12.1 Å². The Morgan fingerprint density at radius 2 is 1.57 bits per heavy atom. The highest BCUT2D eigenvalue weighted by molar-refractivity contribution is 5.94. The van der Waals surface area contributed by atoms with Crippen LogP contribution in [0.5, 0.6) is 0 Å². The number of amides is 1. The molecule has 3 N–H and O–H groups in total. The summed E-state index contributed by atoms with van der Waals surface area (Å²) in [6, 6.07) is 17.2. The third kappa shape index (κ3) is 4.15. The van der Waals surface area contributed by atoms with Crippen molar-refractivity contribution in [2.24, 2.45) is 0 Å². The summed E-state index contributed by atoms with van der Waals surface area (Å²) in [5.41, 5.74) is 2.65. The highest BCUT2D eigenvalue weighted by Gasteiger charge is 2.13. The number of hydrogen-bond acceptors (Lipinski definition) is 3. The van der Waals surface area contributed by atoms with Crippen LogP contribution in [-0.4, -0.2) is 34.9 Å². The van der Waals surface area contributed by atoms with Crippen LogP contribution in [-0.2, 0) is 0 Å². The number of hydrogen-bond donors (Lipinski definition) is 3. The quantitative estimate of drug-likeness (QED) is 0.785. The molecule has 0 radical (unpaired) electrons. The van der Waals surface area contributed by atoms with Gasteiger partial charge in [0.2, 0.25) is 0 Å². The average molecular weight is 285 g/mol. The molecule has 2 aromatic carbocycles. The van der Waals surface area contributed by atoms with Crippen LogP contribution in [0.4, 0.5) is 0 Å². The van der Waals surface area contributed by atoms with E-state index in [1.165, 1.54) is 6.92 Å². The van der Waals surface area contributed by atoms with Crippen molar-refractivity contribution in [1.82, 2.24) is 5.32 Å². The smallest absolute Gasteiger partial charge is 0.251 e. The number of aliphatic hydroxyl groups is 2. The minimum absolute atomic E-state index is 0.0247. The summed E-state index contributed by atoms with van der Waals surface area (Å²) in [6.07, 6.45) is -1.83. The van der Waals surface area contributed by atoms with Crippen LogP contribution in [0.15, 0.2) is 54.6 Å². The SMILES string of the molecule is C[C@H](O)C(O)CNC(=O)c1ccc(-c2ccccc2)cc1. The summed E-state index contributed by atoms with van der Waals surface area (Å²) in [4.78, 5) is 11.9. The van der Waals surface area contributed by atoms with Crippen molar-refractivity contribution < 1.29 is 15.0 Å². The first-order valence-corrected chi connectivity index (χ1v) is 6.88. The molecule has 0 aliphatic heterocycles. The maximum atomic E-state index is 11.9. The normalized spacial score (nSPS) is 13.5. The summed E-state index contributed by atoms with van der Waals surface area (Å²) < 4.78 is 0. The molecular weight excluding hydrogens is 266 g/mol. The summed E-state index contributed by atoms with van der Waals surface area (Å²) in [5, 5.41) is 21.2. The maximum absolute atomic E-state index is 11.9. The zero-order chi connectivity index (χ0) is 15.2. The number of benzene rings is 2. The molecule has 0 spiro atoms. The van der Waals surface area contributed by atoms with Crippen molar-refractivity contribution in [2.45, 2.75) is 19.1 Å². The second-order valence-corrected chi connectivity index (χ2v) is 4.96. The van der Waals surface area contributed by atoms with Gasteiger partial charge in [-0.25, -0.2) is 0 Å². The van der Waals surface area contributed by atoms with Crippen LogP contribution in [0, 0.1) is 0 Å². The van der Waals surface area contributed by atoms with Gasteiger partial charge in [0.15, 0.2) is 0 Å². The Bertz CT molecular complexity index is 579. The Labute approximate surface area is 124 Å². The molecular formula is C17H19NO3. The second kappa shape index (κ2) is 7.02. The van der Waals surface area contributed by atoms with Crippen molar-refractivity contribution in [1.29, 1.82) is 0 Å². The van der Waals surface area contributed by atoms with Crippen LogP contribution < -0.4 is 5.32 Å². The molecule has 2 aromatic rings. The Morgan fingerprint density at radius 3 is 2.14 bits per heavy atom. The van der Waals surface area contributed by atoms with Gasteiger partial charge in [0, 0.05) is 12.1 Å². The Morgan fingerprint density at radius 1 is 1.00 bits per heavy atom. The lowest BCUT2D eigenvalue weighted by atomic mass is 10.0. The van der Waals surface area contributed by atoms with Gasteiger partial charge in [-0.15, -0.1) is 0 Å². The Kier molecular flexibility index (Phi) is 5.09. The number of nitrogens with one attached hydrogen (secondary N) is 1. The number of rotatable bonds is 5. The third-order valence-electron chi connectivity index (χ3n) is 3.28. The molecule has 110 valence electrons. The summed E-state index contributed by atoms with van der Waals surface area (Å²) in [7, 11) is 0. The first-order chi connectivity index (χ1) is 10.1. The number of carbonyl (C=O) groups excluding carboxylic acids is 1.